The lowest BCUT2D eigenvalue weighted by molar-refractivity contribution is 0.618. The van der Waals surface area contributed by atoms with Crippen LogP contribution < -0.4 is 5.73 Å². The summed E-state index contributed by atoms with van der Waals surface area (Å²) in [6.07, 6.45) is 0. The zero-order valence-corrected chi connectivity index (χ0v) is 11.0. The van der Waals surface area contributed by atoms with E-state index in [0.717, 1.165) is 10.5 Å². The molecule has 0 aliphatic carbocycles. The van der Waals surface area contributed by atoms with E-state index in [9.17, 15) is 4.39 Å². The number of nitrogens with two attached hydrogens (primary N) is 1. The fourth-order valence-electron chi connectivity index (χ4n) is 1.96. The number of thioether (sulfide) groups is 1. The molecule has 0 bridgehead atoms. The van der Waals surface area contributed by atoms with Crippen LogP contribution in [-0.2, 0) is 5.75 Å². The number of para-hydroxylation sites is 1. The summed E-state index contributed by atoms with van der Waals surface area (Å²) in [7, 11) is 0. The molecule has 1 aromatic heterocycles. The number of aromatic nitrogens is 1. The molecular formula is C15H13FN2S. The van der Waals surface area contributed by atoms with Crippen LogP contribution in [-0.4, -0.2) is 4.98 Å². The number of nitrogen functional groups attached to an aromatic ring is 1. The second-order valence-corrected chi connectivity index (χ2v) is 5.38. The highest BCUT2D eigenvalue weighted by atomic mass is 32.2. The van der Waals surface area contributed by atoms with Gasteiger partial charge in [-0.15, -0.1) is 11.8 Å². The fourth-order valence-corrected chi connectivity index (χ4v) is 2.90. The smallest absolute Gasteiger partial charge is 0.129 e. The summed E-state index contributed by atoms with van der Waals surface area (Å²) in [6.45, 7) is 0. The van der Waals surface area contributed by atoms with E-state index in [1.165, 1.54) is 11.5 Å². The lowest BCUT2D eigenvalue weighted by atomic mass is 10.2. The molecule has 0 atom stereocenters. The third-order valence-corrected chi connectivity index (χ3v) is 3.95. The first-order valence-corrected chi connectivity index (χ1v) is 6.95. The third kappa shape index (κ3) is 2.58. The minimum atomic E-state index is -0.247. The van der Waals surface area contributed by atoms with E-state index in [2.05, 4.69) is 17.1 Å². The highest BCUT2D eigenvalue weighted by molar-refractivity contribution is 7.98. The maximum Gasteiger partial charge on any atom is 0.129 e. The van der Waals surface area contributed by atoms with Gasteiger partial charge in [-0.1, -0.05) is 24.3 Å². The minimum absolute atomic E-state index is 0.247. The van der Waals surface area contributed by atoms with Crippen molar-refractivity contribution in [1.29, 1.82) is 0 Å². The number of hydrogen-bond donors (Lipinski definition) is 2. The van der Waals surface area contributed by atoms with Crippen LogP contribution in [0.4, 0.5) is 10.1 Å². The van der Waals surface area contributed by atoms with Crippen molar-refractivity contribution in [3.63, 3.8) is 0 Å². The average molecular weight is 272 g/mol. The van der Waals surface area contributed by atoms with Crippen molar-refractivity contribution < 1.29 is 4.39 Å². The maximum atomic E-state index is 13.7. The van der Waals surface area contributed by atoms with Gasteiger partial charge in [-0.25, -0.2) is 4.39 Å². The summed E-state index contributed by atoms with van der Waals surface area (Å²) in [6, 6.07) is 15.0. The number of nitrogens with one attached hydrogen (secondary N) is 1. The first-order valence-electron chi connectivity index (χ1n) is 5.97. The van der Waals surface area contributed by atoms with Gasteiger partial charge in [0.15, 0.2) is 0 Å². The second-order valence-electron chi connectivity index (χ2n) is 4.36. The Morgan fingerprint density at radius 2 is 1.95 bits per heavy atom. The SMILES string of the molecule is Nc1ccc(CSc2cc3ccccc3[nH]2)c(F)c1. The second kappa shape index (κ2) is 4.97. The van der Waals surface area contributed by atoms with Gasteiger partial charge in [0.1, 0.15) is 5.82 Å². The third-order valence-electron chi connectivity index (χ3n) is 2.97. The van der Waals surface area contributed by atoms with Crippen LogP contribution in [0.25, 0.3) is 10.9 Å². The van der Waals surface area contributed by atoms with E-state index in [-0.39, 0.29) is 5.82 Å². The van der Waals surface area contributed by atoms with Crippen LogP contribution in [0, 0.1) is 5.82 Å². The number of benzene rings is 2. The van der Waals surface area contributed by atoms with E-state index in [0.29, 0.717) is 17.0 Å². The Bertz CT molecular complexity index is 688. The summed E-state index contributed by atoms with van der Waals surface area (Å²) in [5.74, 6) is 0.336. The van der Waals surface area contributed by atoms with Crippen LogP contribution in [0.15, 0.2) is 53.6 Å². The van der Waals surface area contributed by atoms with Gasteiger partial charge in [-0.3, -0.25) is 0 Å². The molecule has 2 nitrogen and oxygen atoms in total. The molecule has 0 radical (unpaired) electrons. The monoisotopic (exact) mass is 272 g/mol. The van der Waals surface area contributed by atoms with E-state index in [1.807, 2.05) is 18.2 Å². The number of aromatic amines is 1. The van der Waals surface area contributed by atoms with Crippen LogP contribution in [0.2, 0.25) is 0 Å². The Labute approximate surface area is 114 Å². The van der Waals surface area contributed by atoms with Gasteiger partial charge >= 0.3 is 0 Å². The topological polar surface area (TPSA) is 41.8 Å². The quantitative estimate of drug-likeness (QED) is 0.554. The standard InChI is InChI=1S/C15H13FN2S/c16-13-8-12(17)6-5-11(13)9-19-15-7-10-3-1-2-4-14(10)18-15/h1-8,18H,9,17H2. The number of hydrogen-bond acceptors (Lipinski definition) is 2. The molecule has 3 aromatic rings. The zero-order valence-electron chi connectivity index (χ0n) is 10.2. The van der Waals surface area contributed by atoms with Gasteiger partial charge in [0.05, 0.1) is 5.03 Å². The van der Waals surface area contributed by atoms with Crippen molar-refractivity contribution in [2.75, 3.05) is 5.73 Å². The molecule has 0 saturated heterocycles. The summed E-state index contributed by atoms with van der Waals surface area (Å²) in [5, 5.41) is 2.21. The normalized spacial score (nSPS) is 11.0. The Morgan fingerprint density at radius 3 is 2.74 bits per heavy atom. The lowest BCUT2D eigenvalue weighted by Gasteiger charge is -2.02. The first kappa shape index (κ1) is 12.1. The summed E-state index contributed by atoms with van der Waals surface area (Å²) >= 11 is 1.58. The molecular weight excluding hydrogens is 259 g/mol. The molecule has 0 saturated carbocycles. The molecule has 0 aliphatic heterocycles. The predicted molar refractivity (Wildman–Crippen MR) is 78.7 cm³/mol. The van der Waals surface area contributed by atoms with E-state index < -0.39 is 0 Å². The van der Waals surface area contributed by atoms with Gasteiger partial charge in [-0.05, 0) is 29.8 Å². The average Bonchev–Trinajstić information content (AvgIpc) is 2.80. The van der Waals surface area contributed by atoms with Gasteiger partial charge < -0.3 is 10.7 Å². The molecule has 3 rings (SSSR count). The van der Waals surface area contributed by atoms with Crippen LogP contribution in [0.3, 0.4) is 0 Å². The highest BCUT2D eigenvalue weighted by Crippen LogP contribution is 2.27. The van der Waals surface area contributed by atoms with Gasteiger partial charge in [-0.2, -0.15) is 0 Å². The summed E-state index contributed by atoms with van der Waals surface area (Å²) < 4.78 is 13.7. The molecule has 2 aromatic carbocycles. The van der Waals surface area contributed by atoms with Gasteiger partial charge in [0, 0.05) is 22.3 Å². The largest absolute Gasteiger partial charge is 0.399 e. The molecule has 0 fully saturated rings. The molecule has 96 valence electrons. The molecule has 19 heavy (non-hydrogen) atoms. The van der Waals surface area contributed by atoms with Crippen molar-refractivity contribution in [1.82, 2.24) is 4.98 Å². The molecule has 0 unspecified atom stereocenters. The van der Waals surface area contributed by atoms with E-state index in [1.54, 1.807) is 23.9 Å². The highest BCUT2D eigenvalue weighted by Gasteiger charge is 2.05. The molecule has 0 aliphatic rings. The van der Waals surface area contributed by atoms with E-state index in [4.69, 9.17) is 5.73 Å². The molecule has 4 heteroatoms. The number of anilines is 1. The van der Waals surface area contributed by atoms with Crippen molar-refractivity contribution in [2.24, 2.45) is 0 Å². The molecule has 1 heterocycles. The number of rotatable bonds is 3. The van der Waals surface area contributed by atoms with Crippen LogP contribution in [0.1, 0.15) is 5.56 Å². The zero-order chi connectivity index (χ0) is 13.2. The van der Waals surface area contributed by atoms with Crippen molar-refractivity contribution in [2.45, 2.75) is 10.8 Å². The van der Waals surface area contributed by atoms with Crippen molar-refractivity contribution >= 4 is 28.4 Å². The number of halogens is 1. The van der Waals surface area contributed by atoms with Crippen molar-refractivity contribution in [3.05, 3.63) is 59.9 Å². The number of fused-ring (bicyclic) bond motifs is 1. The molecule has 0 spiro atoms. The van der Waals surface area contributed by atoms with Gasteiger partial charge in [0.2, 0.25) is 0 Å². The summed E-state index contributed by atoms with van der Waals surface area (Å²) in [5.41, 5.74) is 7.75. The minimum Gasteiger partial charge on any atom is -0.399 e. The molecule has 3 N–H and O–H groups in total. The summed E-state index contributed by atoms with van der Waals surface area (Å²) in [4.78, 5) is 3.31. The van der Waals surface area contributed by atoms with Crippen molar-refractivity contribution in [3.8, 4) is 0 Å². The van der Waals surface area contributed by atoms with Crippen LogP contribution >= 0.6 is 11.8 Å². The van der Waals surface area contributed by atoms with Gasteiger partial charge in [0.25, 0.3) is 0 Å². The maximum absolute atomic E-state index is 13.7. The molecule has 0 amide bonds. The van der Waals surface area contributed by atoms with E-state index >= 15 is 0 Å². The predicted octanol–water partition coefficient (Wildman–Crippen LogP) is 4.18. The van der Waals surface area contributed by atoms with Crippen LogP contribution in [0.5, 0.6) is 0 Å². The first-order chi connectivity index (χ1) is 9.22. The number of H-pyrrole nitrogens is 1. The Kier molecular flexibility index (Phi) is 3.17. The lowest BCUT2D eigenvalue weighted by Crippen LogP contribution is -1.91. The Balaban J connectivity index is 1.78. The Morgan fingerprint density at radius 1 is 1.11 bits per heavy atom. The fraction of sp³-hybridized carbons (Fsp3) is 0.0667. The Hall–Kier alpha value is -1.94.